The summed E-state index contributed by atoms with van der Waals surface area (Å²) < 4.78 is 20.3. The van der Waals surface area contributed by atoms with Gasteiger partial charge in [-0.2, -0.15) is 0 Å². The average Bonchev–Trinajstić information content (AvgIpc) is 3.40. The van der Waals surface area contributed by atoms with E-state index in [1.54, 1.807) is 30.3 Å². The van der Waals surface area contributed by atoms with Crippen LogP contribution in [-0.4, -0.2) is 48.7 Å². The molecule has 5 rings (SSSR count). The minimum atomic E-state index is -2.98. The van der Waals surface area contributed by atoms with Gasteiger partial charge in [0.15, 0.2) is 0 Å². The van der Waals surface area contributed by atoms with Crippen molar-refractivity contribution in [2.75, 3.05) is 6.61 Å². The van der Waals surface area contributed by atoms with Gasteiger partial charge in [0.25, 0.3) is 19.8 Å². The number of imide groups is 1. The Kier molecular flexibility index (Phi) is 9.09. The van der Waals surface area contributed by atoms with Crippen molar-refractivity contribution in [3.05, 3.63) is 130 Å². The van der Waals surface area contributed by atoms with Gasteiger partial charge in [0.1, 0.15) is 18.4 Å². The number of alkyl carbamates (subject to hydrolysis) is 1. The molecule has 2 N–H and O–H groups in total. The third kappa shape index (κ3) is 6.49. The number of carbonyl (C=O) groups is 2. The van der Waals surface area contributed by atoms with Crippen molar-refractivity contribution in [1.82, 2.24) is 14.9 Å². The number of carbonyl (C=O) groups excluding carboxylic acids is 2. The molecule has 11 heteroatoms. The molecule has 1 aliphatic rings. The smallest absolute Gasteiger partial charge is 0.414 e. The number of aromatic nitrogens is 2. The second-order valence-corrected chi connectivity index (χ2v) is 15.9. The van der Waals surface area contributed by atoms with E-state index in [2.05, 4.69) is 55.3 Å². The third-order valence-electron chi connectivity index (χ3n) is 7.73. The van der Waals surface area contributed by atoms with Gasteiger partial charge < -0.3 is 13.9 Å². The summed E-state index contributed by atoms with van der Waals surface area (Å²) in [7, 11) is -2.98. The van der Waals surface area contributed by atoms with E-state index in [-0.39, 0.29) is 18.1 Å². The van der Waals surface area contributed by atoms with Gasteiger partial charge in [0.2, 0.25) is 0 Å². The fraction of sp³-hybridized carbons (Fsp3) is 0.273. The topological polar surface area (TPSA) is 129 Å². The van der Waals surface area contributed by atoms with Crippen LogP contribution in [0.25, 0.3) is 0 Å². The molecule has 0 radical (unpaired) electrons. The molecule has 1 saturated heterocycles. The van der Waals surface area contributed by atoms with Gasteiger partial charge in [-0.1, -0.05) is 99.6 Å². The van der Waals surface area contributed by atoms with Crippen molar-refractivity contribution in [2.24, 2.45) is 0 Å². The summed E-state index contributed by atoms with van der Waals surface area (Å²) >= 11 is 0. The van der Waals surface area contributed by atoms with Crippen molar-refractivity contribution >= 4 is 30.7 Å². The van der Waals surface area contributed by atoms with Crippen molar-refractivity contribution in [3.63, 3.8) is 0 Å². The van der Waals surface area contributed by atoms with Crippen LogP contribution < -0.4 is 26.9 Å². The Morgan fingerprint density at radius 2 is 1.48 bits per heavy atom. The van der Waals surface area contributed by atoms with E-state index >= 15 is 0 Å². The summed E-state index contributed by atoms with van der Waals surface area (Å²) in [5.41, 5.74) is -0.891. The third-order valence-corrected chi connectivity index (χ3v) is 12.7. The molecule has 3 aromatic carbocycles. The molecule has 2 amide bonds. The first kappa shape index (κ1) is 30.9. The van der Waals surface area contributed by atoms with E-state index in [1.807, 2.05) is 36.4 Å². The van der Waals surface area contributed by atoms with Crippen LogP contribution in [0, 0.1) is 0 Å². The van der Waals surface area contributed by atoms with Gasteiger partial charge in [-0.15, -0.1) is 0 Å². The summed E-state index contributed by atoms with van der Waals surface area (Å²) in [6, 6.07) is 29.7. The average molecular weight is 614 g/mol. The Morgan fingerprint density at radius 1 is 0.909 bits per heavy atom. The van der Waals surface area contributed by atoms with E-state index in [0.29, 0.717) is 5.56 Å². The summed E-state index contributed by atoms with van der Waals surface area (Å²) in [5.74, 6) is -0.608. The fourth-order valence-corrected chi connectivity index (χ4v) is 10.3. The highest BCUT2D eigenvalue weighted by molar-refractivity contribution is 6.99. The number of aromatic amines is 1. The molecule has 1 aliphatic heterocycles. The van der Waals surface area contributed by atoms with Crippen LogP contribution in [0.3, 0.4) is 0 Å². The predicted molar refractivity (Wildman–Crippen MR) is 168 cm³/mol. The Balaban J connectivity index is 1.45. The van der Waals surface area contributed by atoms with Crippen LogP contribution in [0.15, 0.2) is 113 Å². The van der Waals surface area contributed by atoms with Crippen LogP contribution in [-0.2, 0) is 13.9 Å². The minimum absolute atomic E-state index is 0.0342. The van der Waals surface area contributed by atoms with Crippen LogP contribution in [0.1, 0.15) is 43.8 Å². The maximum atomic E-state index is 12.9. The molecular weight excluding hydrogens is 578 g/mol. The van der Waals surface area contributed by atoms with Crippen LogP contribution in [0.5, 0.6) is 0 Å². The molecule has 3 atom stereocenters. The van der Waals surface area contributed by atoms with Gasteiger partial charge in [-0.25, -0.2) is 9.59 Å². The normalized spacial score (nSPS) is 18.5. The van der Waals surface area contributed by atoms with Crippen molar-refractivity contribution < 1.29 is 23.5 Å². The van der Waals surface area contributed by atoms with Gasteiger partial charge in [-0.05, 0) is 27.5 Å². The summed E-state index contributed by atoms with van der Waals surface area (Å²) in [5, 5.41) is 4.07. The number of amides is 2. The van der Waals surface area contributed by atoms with Gasteiger partial charge >= 0.3 is 11.8 Å². The lowest BCUT2D eigenvalue weighted by atomic mass is 10.2. The molecule has 4 aromatic rings. The number of ether oxygens (including phenoxy) is 2. The lowest BCUT2D eigenvalue weighted by Gasteiger charge is -2.43. The molecule has 44 heavy (non-hydrogen) atoms. The first-order valence-corrected chi connectivity index (χ1v) is 16.3. The van der Waals surface area contributed by atoms with Crippen LogP contribution in [0.4, 0.5) is 4.79 Å². The zero-order valence-corrected chi connectivity index (χ0v) is 25.8. The van der Waals surface area contributed by atoms with Crippen LogP contribution >= 0.6 is 0 Å². The van der Waals surface area contributed by atoms with Gasteiger partial charge in [0, 0.05) is 24.2 Å². The van der Waals surface area contributed by atoms with Crippen molar-refractivity contribution in [1.29, 1.82) is 0 Å². The van der Waals surface area contributed by atoms with Crippen molar-refractivity contribution in [3.8, 4) is 0 Å². The Morgan fingerprint density at radius 3 is 2.02 bits per heavy atom. The summed E-state index contributed by atoms with van der Waals surface area (Å²) in [6.07, 6.45) is -2.04. The molecule has 0 aliphatic carbocycles. The molecular formula is C33H35N3O7Si. The Hall–Kier alpha value is -4.58. The number of benzene rings is 3. The number of hydrogen-bond donors (Lipinski definition) is 2. The van der Waals surface area contributed by atoms with Crippen molar-refractivity contribution in [2.45, 2.75) is 50.7 Å². The molecule has 228 valence electrons. The SMILES string of the molecule is CC(C)(C)[Si](OC[C@H]1O[C@H](n2ccc(=O)[nH]c2=O)C[C@@H]1OC(=O)NC(=O)c1ccccc1)(c1ccccc1)c1ccccc1. The Bertz CT molecular complexity index is 1660. The van der Waals surface area contributed by atoms with E-state index < -0.39 is 50.0 Å². The highest BCUT2D eigenvalue weighted by atomic mass is 28.4. The first-order chi connectivity index (χ1) is 21.1. The molecule has 1 aromatic heterocycles. The molecule has 2 heterocycles. The number of hydrogen-bond acceptors (Lipinski definition) is 7. The molecule has 0 spiro atoms. The minimum Gasteiger partial charge on any atom is -0.443 e. The van der Waals surface area contributed by atoms with Gasteiger partial charge in [0.05, 0.1) is 6.61 Å². The quantitative estimate of drug-likeness (QED) is 0.292. The molecule has 0 saturated carbocycles. The maximum Gasteiger partial charge on any atom is 0.414 e. The molecule has 0 bridgehead atoms. The number of nitrogens with one attached hydrogen (secondary N) is 2. The lowest BCUT2D eigenvalue weighted by molar-refractivity contribution is -0.0450. The lowest BCUT2D eigenvalue weighted by Crippen LogP contribution is -2.67. The number of H-pyrrole nitrogens is 1. The standard InChI is InChI=1S/C33H35N3O7Si/c1-33(2,3)44(24-15-9-5-10-16-24,25-17-11-6-12-18-25)41-22-27-26(21-29(42-27)36-20-19-28(37)34-31(36)39)43-32(40)35-30(38)23-13-7-4-8-14-23/h4-20,26-27,29H,21-22H2,1-3H3,(H,34,37,39)(H,35,38,40)/t26-,27+,29-/m0/s1. The van der Waals surface area contributed by atoms with E-state index in [1.165, 1.54) is 16.8 Å². The second kappa shape index (κ2) is 13.0. The number of nitrogens with zero attached hydrogens (tertiary/aromatic N) is 1. The van der Waals surface area contributed by atoms with E-state index in [4.69, 9.17) is 13.9 Å². The largest absolute Gasteiger partial charge is 0.443 e. The maximum absolute atomic E-state index is 12.9. The zero-order valence-electron chi connectivity index (χ0n) is 24.8. The van der Waals surface area contributed by atoms with Crippen LogP contribution in [0.2, 0.25) is 5.04 Å². The second-order valence-electron chi connectivity index (χ2n) is 11.6. The fourth-order valence-electron chi connectivity index (χ4n) is 5.69. The van der Waals surface area contributed by atoms with E-state index in [9.17, 15) is 19.2 Å². The highest BCUT2D eigenvalue weighted by Gasteiger charge is 2.51. The summed E-state index contributed by atoms with van der Waals surface area (Å²) in [4.78, 5) is 52.1. The summed E-state index contributed by atoms with van der Waals surface area (Å²) in [6.45, 7) is 6.47. The van der Waals surface area contributed by atoms with Gasteiger partial charge in [-0.3, -0.25) is 24.5 Å². The monoisotopic (exact) mass is 613 g/mol. The predicted octanol–water partition coefficient (Wildman–Crippen LogP) is 3.34. The zero-order chi connectivity index (χ0) is 31.3. The Labute approximate surface area is 255 Å². The first-order valence-electron chi connectivity index (χ1n) is 14.4. The highest BCUT2D eigenvalue weighted by Crippen LogP contribution is 2.38. The molecule has 1 fully saturated rings. The molecule has 0 unspecified atom stereocenters. The number of rotatable bonds is 8. The van der Waals surface area contributed by atoms with E-state index in [0.717, 1.165) is 10.4 Å². The molecule has 10 nitrogen and oxygen atoms in total.